The van der Waals surface area contributed by atoms with Crippen LogP contribution in [0, 0.1) is 6.92 Å². The zero-order valence-electron chi connectivity index (χ0n) is 4.81. The van der Waals surface area contributed by atoms with Crippen molar-refractivity contribution in [3.8, 4) is 0 Å². The van der Waals surface area contributed by atoms with Crippen molar-refractivity contribution in [1.29, 1.82) is 0 Å². The molecule has 3 nitrogen and oxygen atoms in total. The van der Waals surface area contributed by atoms with Gasteiger partial charge in [-0.2, -0.15) is 0 Å². The molecule has 0 radical (unpaired) electrons. The second kappa shape index (κ2) is 2.19. The molecule has 0 saturated carbocycles. The second-order valence-electron chi connectivity index (χ2n) is 1.66. The molecule has 0 atom stereocenters. The predicted octanol–water partition coefficient (Wildman–Crippen LogP) is 1.10. The summed E-state index contributed by atoms with van der Waals surface area (Å²) < 4.78 is 0. The first-order valence-corrected chi connectivity index (χ1v) is 2.79. The first kappa shape index (κ1) is 6.29. The highest BCUT2D eigenvalue weighted by Gasteiger charge is 2.01. The molecule has 0 fully saturated rings. The highest BCUT2D eigenvalue weighted by molar-refractivity contribution is 6.67. The number of hydrogen-bond acceptors (Lipinski definition) is 2. The summed E-state index contributed by atoms with van der Waals surface area (Å²) in [5, 5.41) is -0.504. The van der Waals surface area contributed by atoms with Crippen molar-refractivity contribution in [2.45, 2.75) is 6.92 Å². The molecule has 48 valence electrons. The molecule has 9 heavy (non-hydrogen) atoms. The van der Waals surface area contributed by atoms with Gasteiger partial charge in [-0.1, -0.05) is 0 Å². The van der Waals surface area contributed by atoms with Gasteiger partial charge in [-0.25, -0.2) is 4.98 Å². The van der Waals surface area contributed by atoms with Crippen molar-refractivity contribution in [2.24, 2.45) is 0 Å². The molecule has 0 amide bonds. The highest BCUT2D eigenvalue weighted by Crippen LogP contribution is 1.98. The summed E-state index contributed by atoms with van der Waals surface area (Å²) in [4.78, 5) is 16.8. The predicted molar refractivity (Wildman–Crippen MR) is 33.5 cm³/mol. The number of rotatable bonds is 1. The van der Waals surface area contributed by atoms with Crippen LogP contribution in [0.3, 0.4) is 0 Å². The lowest BCUT2D eigenvalue weighted by molar-refractivity contribution is 0.107. The molecule has 4 heteroatoms. The normalized spacial score (nSPS) is 9.56. The fraction of sp³-hybridized carbons (Fsp3) is 0.200. The van der Waals surface area contributed by atoms with Gasteiger partial charge in [-0.15, -0.1) is 0 Å². The zero-order valence-corrected chi connectivity index (χ0v) is 5.57. The Hall–Kier alpha value is -0.830. The van der Waals surface area contributed by atoms with Gasteiger partial charge in [0.25, 0.3) is 5.24 Å². The van der Waals surface area contributed by atoms with Crippen molar-refractivity contribution in [2.75, 3.05) is 0 Å². The molecular weight excluding hydrogens is 140 g/mol. The van der Waals surface area contributed by atoms with Gasteiger partial charge in [0, 0.05) is 0 Å². The minimum Gasteiger partial charge on any atom is -0.339 e. The SMILES string of the molecule is Cc1ncc(C(=O)Cl)[nH]1. The summed E-state index contributed by atoms with van der Waals surface area (Å²) in [6.45, 7) is 1.75. The Kier molecular flexibility index (Phi) is 1.53. The van der Waals surface area contributed by atoms with Crippen molar-refractivity contribution >= 4 is 16.8 Å². The van der Waals surface area contributed by atoms with E-state index in [1.165, 1.54) is 6.20 Å². The first-order chi connectivity index (χ1) is 4.20. The van der Waals surface area contributed by atoms with E-state index in [-0.39, 0.29) is 0 Å². The number of aryl methyl sites for hydroxylation is 1. The van der Waals surface area contributed by atoms with E-state index in [0.29, 0.717) is 11.5 Å². The average molecular weight is 145 g/mol. The third kappa shape index (κ3) is 1.29. The lowest BCUT2D eigenvalue weighted by Gasteiger charge is -1.80. The Balaban J connectivity index is 2.98. The van der Waals surface area contributed by atoms with E-state index in [1.807, 2.05) is 0 Å². The Morgan fingerprint density at radius 3 is 2.78 bits per heavy atom. The molecule has 1 aromatic rings. The first-order valence-electron chi connectivity index (χ1n) is 2.41. The van der Waals surface area contributed by atoms with Crippen LogP contribution < -0.4 is 0 Å². The van der Waals surface area contributed by atoms with Crippen LogP contribution in [0.1, 0.15) is 16.3 Å². The highest BCUT2D eigenvalue weighted by atomic mass is 35.5. The maximum Gasteiger partial charge on any atom is 0.270 e. The lowest BCUT2D eigenvalue weighted by Crippen LogP contribution is -1.86. The van der Waals surface area contributed by atoms with E-state index in [0.717, 1.165) is 0 Å². The molecule has 0 bridgehead atoms. The number of carbonyl (C=O) groups is 1. The fourth-order valence-corrected chi connectivity index (χ4v) is 0.617. The van der Waals surface area contributed by atoms with Crippen LogP contribution in [0.15, 0.2) is 6.20 Å². The molecule has 1 rings (SSSR count). The summed E-state index contributed by atoms with van der Waals surface area (Å²) >= 11 is 5.11. The largest absolute Gasteiger partial charge is 0.339 e. The molecule has 0 aliphatic heterocycles. The van der Waals surface area contributed by atoms with Crippen molar-refractivity contribution in [1.82, 2.24) is 9.97 Å². The van der Waals surface area contributed by atoms with E-state index in [1.54, 1.807) is 6.92 Å². The Morgan fingerprint density at radius 1 is 1.89 bits per heavy atom. The molecule has 1 heterocycles. The van der Waals surface area contributed by atoms with Crippen LogP contribution >= 0.6 is 11.6 Å². The van der Waals surface area contributed by atoms with Gasteiger partial charge >= 0.3 is 0 Å². The molecule has 0 unspecified atom stereocenters. The summed E-state index contributed by atoms with van der Waals surface area (Å²) in [6.07, 6.45) is 1.41. The molecule has 1 aromatic heterocycles. The molecule has 1 N–H and O–H groups in total. The van der Waals surface area contributed by atoms with Crippen LogP contribution in [0.25, 0.3) is 0 Å². The third-order valence-electron chi connectivity index (χ3n) is 0.915. The maximum absolute atomic E-state index is 10.4. The zero-order chi connectivity index (χ0) is 6.85. The van der Waals surface area contributed by atoms with Gasteiger partial charge in [0.15, 0.2) is 0 Å². The summed E-state index contributed by atoms with van der Waals surface area (Å²) in [6, 6.07) is 0. The second-order valence-corrected chi connectivity index (χ2v) is 2.00. The number of nitrogens with one attached hydrogen (secondary N) is 1. The number of hydrogen-bond donors (Lipinski definition) is 1. The molecule has 0 aliphatic rings. The molecule has 0 saturated heterocycles. The topological polar surface area (TPSA) is 45.8 Å². The quantitative estimate of drug-likeness (QED) is 0.600. The fourth-order valence-electron chi connectivity index (χ4n) is 0.521. The van der Waals surface area contributed by atoms with Crippen LogP contribution in [-0.2, 0) is 0 Å². The minimum absolute atomic E-state index is 0.342. The van der Waals surface area contributed by atoms with Crippen molar-refractivity contribution in [3.05, 3.63) is 17.7 Å². The number of aromatic nitrogens is 2. The van der Waals surface area contributed by atoms with Gasteiger partial charge < -0.3 is 4.98 Å². The van der Waals surface area contributed by atoms with Gasteiger partial charge in [0.05, 0.1) is 6.20 Å². The number of halogens is 1. The molecule has 0 aliphatic carbocycles. The monoisotopic (exact) mass is 144 g/mol. The Bertz CT molecular complexity index is 231. The smallest absolute Gasteiger partial charge is 0.270 e. The average Bonchev–Trinajstić information content (AvgIpc) is 2.14. The standard InChI is InChI=1S/C5H5ClN2O/c1-3-7-2-4(8-3)5(6)9/h2H,1H3,(H,7,8). The summed E-state index contributed by atoms with van der Waals surface area (Å²) in [7, 11) is 0. The molecular formula is C5H5ClN2O. The van der Waals surface area contributed by atoms with Crippen molar-refractivity contribution in [3.63, 3.8) is 0 Å². The number of nitrogens with zero attached hydrogens (tertiary/aromatic N) is 1. The maximum atomic E-state index is 10.4. The van der Waals surface area contributed by atoms with E-state index in [9.17, 15) is 4.79 Å². The summed E-state index contributed by atoms with van der Waals surface area (Å²) in [5.74, 6) is 0.694. The lowest BCUT2D eigenvalue weighted by atomic mass is 10.5. The van der Waals surface area contributed by atoms with Crippen LogP contribution in [-0.4, -0.2) is 15.2 Å². The number of carbonyl (C=O) groups excluding carboxylic acids is 1. The van der Waals surface area contributed by atoms with Crippen molar-refractivity contribution < 1.29 is 4.79 Å². The summed E-state index contributed by atoms with van der Waals surface area (Å²) in [5.41, 5.74) is 0.342. The number of imidazole rings is 1. The molecule has 0 spiro atoms. The van der Waals surface area contributed by atoms with Gasteiger partial charge in [0.1, 0.15) is 11.5 Å². The molecule has 0 aromatic carbocycles. The van der Waals surface area contributed by atoms with E-state index in [2.05, 4.69) is 9.97 Å². The minimum atomic E-state index is -0.504. The van der Waals surface area contributed by atoms with Gasteiger partial charge in [0.2, 0.25) is 0 Å². The number of aromatic amines is 1. The Morgan fingerprint density at radius 2 is 2.56 bits per heavy atom. The van der Waals surface area contributed by atoms with E-state index < -0.39 is 5.24 Å². The van der Waals surface area contributed by atoms with E-state index in [4.69, 9.17) is 11.6 Å². The van der Waals surface area contributed by atoms with Gasteiger partial charge in [-0.05, 0) is 18.5 Å². The van der Waals surface area contributed by atoms with Crippen LogP contribution in [0.2, 0.25) is 0 Å². The number of H-pyrrole nitrogens is 1. The van der Waals surface area contributed by atoms with Crippen LogP contribution in [0.5, 0.6) is 0 Å². The Labute approximate surface area is 57.1 Å². The van der Waals surface area contributed by atoms with Gasteiger partial charge in [-0.3, -0.25) is 4.79 Å². The van der Waals surface area contributed by atoms with Crippen LogP contribution in [0.4, 0.5) is 0 Å². The third-order valence-corrected chi connectivity index (χ3v) is 1.12. The van der Waals surface area contributed by atoms with E-state index >= 15 is 0 Å².